The first-order valence-electron chi connectivity index (χ1n) is 9.70. The molecule has 0 bridgehead atoms. The minimum absolute atomic E-state index is 0.0662. The monoisotopic (exact) mass is 475 g/mol. The van der Waals surface area contributed by atoms with Crippen LogP contribution in [0.5, 0.6) is 0 Å². The highest BCUT2D eigenvalue weighted by atomic mass is 79.9. The van der Waals surface area contributed by atoms with Crippen LogP contribution >= 0.6 is 15.9 Å². The molecule has 4 rings (SSSR count). The lowest BCUT2D eigenvalue weighted by molar-refractivity contribution is -0.125. The van der Waals surface area contributed by atoms with Gasteiger partial charge in [-0.05, 0) is 49.9 Å². The average molecular weight is 476 g/mol. The second kappa shape index (κ2) is 7.78. The van der Waals surface area contributed by atoms with Crippen molar-refractivity contribution in [1.29, 1.82) is 0 Å². The number of Topliss-reactive ketones (excluding diaryl/α,β-unsaturated/α-hetero) is 2. The number of halogens is 1. The van der Waals surface area contributed by atoms with Gasteiger partial charge in [0, 0.05) is 28.9 Å². The molecule has 5 nitrogen and oxygen atoms in total. The second-order valence-electron chi connectivity index (χ2n) is 7.83. The molecule has 1 aliphatic carbocycles. The Morgan fingerprint density at radius 2 is 1.72 bits per heavy atom. The normalized spacial score (nSPS) is 25.0. The van der Waals surface area contributed by atoms with Crippen LogP contribution in [0, 0.1) is 18.8 Å². The van der Waals surface area contributed by atoms with Gasteiger partial charge in [0.2, 0.25) is 10.0 Å². The van der Waals surface area contributed by atoms with Gasteiger partial charge in [-0.2, -0.15) is 4.31 Å². The molecule has 2 fully saturated rings. The molecule has 0 N–H and O–H groups in total. The Kier molecular flexibility index (Phi) is 5.48. The van der Waals surface area contributed by atoms with Gasteiger partial charge < -0.3 is 0 Å². The molecular weight excluding hydrogens is 454 g/mol. The van der Waals surface area contributed by atoms with E-state index in [1.54, 1.807) is 48.5 Å². The van der Waals surface area contributed by atoms with E-state index in [0.29, 0.717) is 24.8 Å². The molecule has 1 saturated carbocycles. The highest BCUT2D eigenvalue weighted by Gasteiger charge is 2.53. The summed E-state index contributed by atoms with van der Waals surface area (Å²) in [5.74, 6) is -0.854. The quantitative estimate of drug-likeness (QED) is 0.626. The Balaban J connectivity index is 1.77. The number of aryl methyl sites for hydroxylation is 1. The number of hydrogen-bond acceptors (Lipinski definition) is 4. The first-order valence-corrected chi connectivity index (χ1v) is 11.9. The summed E-state index contributed by atoms with van der Waals surface area (Å²) in [5, 5.41) is 0. The van der Waals surface area contributed by atoms with Crippen LogP contribution in [0.1, 0.15) is 35.2 Å². The third-order valence-electron chi connectivity index (χ3n) is 6.01. The molecule has 3 atom stereocenters. The zero-order valence-electron chi connectivity index (χ0n) is 16.0. The van der Waals surface area contributed by atoms with E-state index in [9.17, 15) is 18.0 Å². The van der Waals surface area contributed by atoms with E-state index in [4.69, 9.17) is 0 Å². The Morgan fingerprint density at radius 1 is 1.07 bits per heavy atom. The fourth-order valence-electron chi connectivity index (χ4n) is 4.48. The molecule has 1 heterocycles. The van der Waals surface area contributed by atoms with Crippen molar-refractivity contribution < 1.29 is 18.0 Å². The van der Waals surface area contributed by atoms with Crippen LogP contribution in [0.15, 0.2) is 57.9 Å². The first-order chi connectivity index (χ1) is 13.8. The molecule has 0 aromatic heterocycles. The lowest BCUT2D eigenvalue weighted by Gasteiger charge is -2.29. The van der Waals surface area contributed by atoms with E-state index in [0.717, 1.165) is 10.0 Å². The van der Waals surface area contributed by atoms with Gasteiger partial charge in [-0.25, -0.2) is 8.42 Å². The zero-order valence-corrected chi connectivity index (χ0v) is 18.4. The SMILES string of the molecule is Cc1ccc(S(=O)(=O)N2C[C@@H]3C(=O)CCC[C@@H]3[C@@H]2C(=O)c2ccc(Br)cc2)cc1. The summed E-state index contributed by atoms with van der Waals surface area (Å²) in [5.41, 5.74) is 1.41. The van der Waals surface area contributed by atoms with Crippen LogP contribution in [0.25, 0.3) is 0 Å². The van der Waals surface area contributed by atoms with Gasteiger partial charge >= 0.3 is 0 Å². The number of nitrogens with zero attached hydrogens (tertiary/aromatic N) is 1. The van der Waals surface area contributed by atoms with Gasteiger partial charge in [-0.3, -0.25) is 9.59 Å². The summed E-state index contributed by atoms with van der Waals surface area (Å²) in [7, 11) is -3.90. The molecule has 0 spiro atoms. The Morgan fingerprint density at radius 3 is 2.38 bits per heavy atom. The number of carbonyl (C=O) groups is 2. The summed E-state index contributed by atoms with van der Waals surface area (Å²) in [6.07, 6.45) is 1.84. The maximum absolute atomic E-state index is 13.5. The van der Waals surface area contributed by atoms with E-state index in [1.165, 1.54) is 4.31 Å². The summed E-state index contributed by atoms with van der Waals surface area (Å²) < 4.78 is 29.0. The van der Waals surface area contributed by atoms with Gasteiger partial charge in [0.25, 0.3) is 0 Å². The number of ketones is 2. The highest BCUT2D eigenvalue weighted by molar-refractivity contribution is 9.10. The Labute approximate surface area is 179 Å². The minimum atomic E-state index is -3.90. The number of rotatable bonds is 4. The van der Waals surface area contributed by atoms with Crippen molar-refractivity contribution in [3.05, 3.63) is 64.1 Å². The van der Waals surface area contributed by atoms with Crippen molar-refractivity contribution in [3.63, 3.8) is 0 Å². The standard InChI is InChI=1S/C22H22BrNO4S/c1-14-5-11-17(12-6-14)29(27,28)24-13-19-18(3-2-4-20(19)25)21(24)22(26)15-7-9-16(23)10-8-15/h5-12,18-19,21H,2-4,13H2,1H3/t18-,19-,21+/m0/s1. The number of hydrogen-bond donors (Lipinski definition) is 0. The number of sulfonamides is 1. The lowest BCUT2D eigenvalue weighted by atomic mass is 9.76. The highest BCUT2D eigenvalue weighted by Crippen LogP contribution is 2.42. The Bertz CT molecular complexity index is 1050. The lowest BCUT2D eigenvalue weighted by Crippen LogP contribution is -2.43. The topological polar surface area (TPSA) is 71.5 Å². The van der Waals surface area contributed by atoms with Gasteiger partial charge in [0.15, 0.2) is 5.78 Å². The molecule has 29 heavy (non-hydrogen) atoms. The summed E-state index contributed by atoms with van der Waals surface area (Å²) in [4.78, 5) is 26.1. The zero-order chi connectivity index (χ0) is 20.8. The third kappa shape index (κ3) is 3.71. The molecule has 0 unspecified atom stereocenters. The van der Waals surface area contributed by atoms with Crippen LogP contribution in [-0.4, -0.2) is 36.9 Å². The van der Waals surface area contributed by atoms with E-state index in [2.05, 4.69) is 15.9 Å². The van der Waals surface area contributed by atoms with Gasteiger partial charge in [-0.1, -0.05) is 45.8 Å². The van der Waals surface area contributed by atoms with Gasteiger partial charge in [-0.15, -0.1) is 0 Å². The fraction of sp³-hybridized carbons (Fsp3) is 0.364. The smallest absolute Gasteiger partial charge is 0.243 e. The molecule has 2 aliphatic rings. The number of benzene rings is 2. The van der Waals surface area contributed by atoms with Crippen LogP contribution in [0.2, 0.25) is 0 Å². The maximum Gasteiger partial charge on any atom is 0.243 e. The summed E-state index contributed by atoms with van der Waals surface area (Å²) >= 11 is 3.36. The van der Waals surface area contributed by atoms with E-state index < -0.39 is 22.0 Å². The maximum atomic E-state index is 13.5. The molecule has 1 aliphatic heterocycles. The van der Waals surface area contributed by atoms with Crippen LogP contribution in [0.3, 0.4) is 0 Å². The van der Waals surface area contributed by atoms with Crippen LogP contribution in [-0.2, 0) is 14.8 Å². The molecule has 152 valence electrons. The van der Waals surface area contributed by atoms with Crippen molar-refractivity contribution in [2.24, 2.45) is 11.8 Å². The Hall–Kier alpha value is -1.83. The van der Waals surface area contributed by atoms with Crippen molar-refractivity contribution in [2.75, 3.05) is 6.54 Å². The van der Waals surface area contributed by atoms with Crippen molar-refractivity contribution in [1.82, 2.24) is 4.31 Å². The van der Waals surface area contributed by atoms with E-state index in [-0.39, 0.29) is 28.9 Å². The van der Waals surface area contributed by atoms with E-state index in [1.807, 2.05) is 6.92 Å². The molecule has 1 saturated heterocycles. The van der Waals surface area contributed by atoms with E-state index >= 15 is 0 Å². The molecule has 7 heteroatoms. The van der Waals surface area contributed by atoms with Crippen LogP contribution in [0.4, 0.5) is 0 Å². The predicted octanol–water partition coefficient (Wildman–Crippen LogP) is 4.00. The van der Waals surface area contributed by atoms with Crippen LogP contribution < -0.4 is 0 Å². The average Bonchev–Trinajstić information content (AvgIpc) is 3.10. The minimum Gasteiger partial charge on any atom is -0.299 e. The van der Waals surface area contributed by atoms with Gasteiger partial charge in [0.05, 0.1) is 10.9 Å². The van der Waals surface area contributed by atoms with Crippen molar-refractivity contribution >= 4 is 37.5 Å². The predicted molar refractivity (Wildman–Crippen MR) is 113 cm³/mol. The molecule has 2 aromatic carbocycles. The molecule has 0 radical (unpaired) electrons. The molecule has 2 aromatic rings. The number of fused-ring (bicyclic) bond motifs is 1. The summed E-state index contributed by atoms with van der Waals surface area (Å²) in [6, 6.07) is 12.7. The molecular formula is C22H22BrNO4S. The number of carbonyl (C=O) groups excluding carboxylic acids is 2. The fourth-order valence-corrected chi connectivity index (χ4v) is 6.40. The first kappa shape index (κ1) is 20.4. The third-order valence-corrected chi connectivity index (χ3v) is 8.40. The largest absolute Gasteiger partial charge is 0.299 e. The van der Waals surface area contributed by atoms with Crippen molar-refractivity contribution in [3.8, 4) is 0 Å². The summed E-state index contributed by atoms with van der Waals surface area (Å²) in [6.45, 7) is 1.96. The second-order valence-corrected chi connectivity index (χ2v) is 10.6. The van der Waals surface area contributed by atoms with Crippen molar-refractivity contribution in [2.45, 2.75) is 37.1 Å². The molecule has 0 amide bonds. The van der Waals surface area contributed by atoms with Gasteiger partial charge in [0.1, 0.15) is 5.78 Å².